The number of carbonyl (C=O) groups is 2. The summed E-state index contributed by atoms with van der Waals surface area (Å²) in [5, 5.41) is 15.5. The van der Waals surface area contributed by atoms with Gasteiger partial charge in [0.15, 0.2) is 0 Å². The number of anilines is 1. The third kappa shape index (κ3) is 3.30. The van der Waals surface area contributed by atoms with Gasteiger partial charge in [0.1, 0.15) is 29.2 Å². The molecule has 2 fully saturated rings. The summed E-state index contributed by atoms with van der Waals surface area (Å²) in [6.45, 7) is 2.09. The molecule has 0 saturated heterocycles. The number of amides is 2. The Morgan fingerprint density at radius 2 is 2.08 bits per heavy atom. The average Bonchev–Trinajstić information content (AvgIpc) is 3.79. The maximum atomic E-state index is 13.1. The Kier molecular flexibility index (Phi) is 4.47. The Bertz CT molecular complexity index is 1540. The van der Waals surface area contributed by atoms with Gasteiger partial charge < -0.3 is 20.1 Å². The van der Waals surface area contributed by atoms with Gasteiger partial charge in [-0.3, -0.25) is 9.59 Å². The van der Waals surface area contributed by atoms with E-state index in [9.17, 15) is 14.9 Å². The molecule has 4 aliphatic rings. The van der Waals surface area contributed by atoms with Crippen molar-refractivity contribution in [3.8, 4) is 23.3 Å². The van der Waals surface area contributed by atoms with Crippen LogP contribution in [0.2, 0.25) is 0 Å². The molecule has 3 heterocycles. The molecule has 3 atom stereocenters. The molecule has 0 bridgehead atoms. The summed E-state index contributed by atoms with van der Waals surface area (Å²) in [5.74, 6) is 2.45. The first-order valence-corrected chi connectivity index (χ1v) is 12.5. The largest absolute Gasteiger partial charge is 0.487 e. The minimum absolute atomic E-state index is 0.0450. The number of hydrogen-bond donors (Lipinski definition) is 2. The normalized spacial score (nSPS) is 25.4. The van der Waals surface area contributed by atoms with E-state index in [0.29, 0.717) is 35.7 Å². The van der Waals surface area contributed by atoms with Crippen LogP contribution in [-0.2, 0) is 22.0 Å². The number of fused-ring (bicyclic) bond motifs is 4. The molecule has 2 saturated carbocycles. The molecule has 0 radical (unpaired) electrons. The fraction of sp³-hybridized carbons (Fsp3) is 0.310. The van der Waals surface area contributed by atoms with Crippen molar-refractivity contribution in [2.75, 3.05) is 5.32 Å². The van der Waals surface area contributed by atoms with Gasteiger partial charge in [-0.1, -0.05) is 12.1 Å². The number of benzene rings is 2. The molecular weight excluding hydrogens is 468 g/mol. The summed E-state index contributed by atoms with van der Waals surface area (Å²) >= 11 is 0. The number of aromatic nitrogens is 1. The molecular formula is C29H24N4O4. The van der Waals surface area contributed by atoms with E-state index in [1.807, 2.05) is 36.4 Å². The van der Waals surface area contributed by atoms with Gasteiger partial charge in [-0.15, -0.1) is 0 Å². The van der Waals surface area contributed by atoms with Crippen molar-refractivity contribution >= 4 is 17.6 Å². The Labute approximate surface area is 213 Å². The van der Waals surface area contributed by atoms with Crippen LogP contribution >= 0.6 is 0 Å². The quantitative estimate of drug-likeness (QED) is 0.553. The highest BCUT2D eigenvalue weighted by Gasteiger charge is 2.70. The second kappa shape index (κ2) is 7.56. The molecule has 2 amide bonds. The van der Waals surface area contributed by atoms with Gasteiger partial charge in [-0.25, -0.2) is 4.98 Å². The Morgan fingerprint density at radius 3 is 2.89 bits per heavy atom. The fourth-order valence-corrected chi connectivity index (χ4v) is 5.70. The Balaban J connectivity index is 1.10. The summed E-state index contributed by atoms with van der Waals surface area (Å²) < 4.78 is 12.4. The molecule has 2 aromatic carbocycles. The zero-order chi connectivity index (χ0) is 25.4. The minimum atomic E-state index is -0.434. The molecule has 2 N–H and O–H groups in total. The summed E-state index contributed by atoms with van der Waals surface area (Å²) in [6, 6.07) is 17.2. The maximum Gasteiger partial charge on any atom is 0.251 e. The van der Waals surface area contributed by atoms with Crippen LogP contribution in [0.5, 0.6) is 17.2 Å². The maximum absolute atomic E-state index is 13.1. The van der Waals surface area contributed by atoms with E-state index < -0.39 is 5.41 Å². The van der Waals surface area contributed by atoms with Gasteiger partial charge in [0, 0.05) is 29.3 Å². The van der Waals surface area contributed by atoms with E-state index in [0.717, 1.165) is 35.3 Å². The highest BCUT2D eigenvalue weighted by atomic mass is 16.5. The topological polar surface area (TPSA) is 113 Å². The lowest BCUT2D eigenvalue weighted by Gasteiger charge is -2.19. The van der Waals surface area contributed by atoms with Crippen molar-refractivity contribution in [1.82, 2.24) is 10.3 Å². The molecule has 184 valence electrons. The number of nitrogens with zero attached hydrogens (tertiary/aromatic N) is 2. The number of nitrogens with one attached hydrogen (secondary N) is 2. The zero-order valence-electron chi connectivity index (χ0n) is 20.2. The van der Waals surface area contributed by atoms with Crippen molar-refractivity contribution in [1.29, 1.82) is 5.26 Å². The van der Waals surface area contributed by atoms with Crippen LogP contribution in [0.25, 0.3) is 0 Å². The lowest BCUT2D eigenvalue weighted by atomic mass is 9.95. The molecule has 7 rings (SSSR count). The van der Waals surface area contributed by atoms with Gasteiger partial charge in [0.2, 0.25) is 5.91 Å². The zero-order valence-corrected chi connectivity index (χ0v) is 20.2. The standard InChI is InChI=1S/C29H24N4O4/c1-28-20-14-18(36-21-9-12-31-26-19(21)6-8-23(34)32-26)5-7-22(20)37-25(28)24(28)33-27(35)16-3-2-4-17(13-16)29(15-30)10-11-29/h2-5,7,9,12-14,24-25H,6,8,10-11H2,1H3,(H,33,35)(H,31,32,34). The monoisotopic (exact) mass is 492 g/mol. The second-order valence-electron chi connectivity index (χ2n) is 10.5. The van der Waals surface area contributed by atoms with Crippen LogP contribution in [0.3, 0.4) is 0 Å². The Hall–Kier alpha value is -4.38. The van der Waals surface area contributed by atoms with Gasteiger partial charge in [0.25, 0.3) is 5.91 Å². The van der Waals surface area contributed by atoms with Gasteiger partial charge in [0.05, 0.1) is 22.9 Å². The van der Waals surface area contributed by atoms with E-state index in [4.69, 9.17) is 9.47 Å². The molecule has 0 spiro atoms. The van der Waals surface area contributed by atoms with Gasteiger partial charge in [-0.2, -0.15) is 5.26 Å². The molecule has 2 aliphatic carbocycles. The van der Waals surface area contributed by atoms with E-state index in [1.54, 1.807) is 18.3 Å². The number of rotatable bonds is 5. The van der Waals surface area contributed by atoms with Crippen molar-refractivity contribution in [2.45, 2.75) is 55.6 Å². The molecule has 8 nitrogen and oxygen atoms in total. The molecule has 3 aromatic rings. The Morgan fingerprint density at radius 1 is 1.22 bits per heavy atom. The third-order valence-electron chi connectivity index (χ3n) is 8.24. The highest BCUT2D eigenvalue weighted by Crippen LogP contribution is 2.59. The van der Waals surface area contributed by atoms with Crippen molar-refractivity contribution < 1.29 is 19.1 Å². The number of nitriles is 1. The first kappa shape index (κ1) is 21.9. The number of ether oxygens (including phenoxy) is 2. The van der Waals surface area contributed by atoms with Crippen LogP contribution in [0.15, 0.2) is 54.7 Å². The average molecular weight is 493 g/mol. The van der Waals surface area contributed by atoms with E-state index in [-0.39, 0.29) is 29.4 Å². The van der Waals surface area contributed by atoms with E-state index in [1.165, 1.54) is 0 Å². The lowest BCUT2D eigenvalue weighted by Crippen LogP contribution is -2.32. The number of carbonyl (C=O) groups excluding carboxylic acids is 2. The van der Waals surface area contributed by atoms with Gasteiger partial charge in [-0.05, 0) is 68.1 Å². The summed E-state index contributed by atoms with van der Waals surface area (Å²) in [4.78, 5) is 29.1. The predicted octanol–water partition coefficient (Wildman–Crippen LogP) is 4.14. The summed E-state index contributed by atoms with van der Waals surface area (Å²) in [6.07, 6.45) is 4.11. The van der Waals surface area contributed by atoms with Crippen LogP contribution < -0.4 is 20.1 Å². The molecule has 1 aromatic heterocycles. The van der Waals surface area contributed by atoms with Crippen LogP contribution in [0.1, 0.15) is 53.2 Å². The van der Waals surface area contributed by atoms with Crippen LogP contribution in [0.4, 0.5) is 5.82 Å². The highest BCUT2D eigenvalue weighted by molar-refractivity contribution is 5.95. The van der Waals surface area contributed by atoms with Crippen molar-refractivity contribution in [2.24, 2.45) is 0 Å². The van der Waals surface area contributed by atoms with Crippen molar-refractivity contribution in [3.63, 3.8) is 0 Å². The van der Waals surface area contributed by atoms with Crippen molar-refractivity contribution in [3.05, 3.63) is 77.0 Å². The number of pyridine rings is 1. The lowest BCUT2D eigenvalue weighted by molar-refractivity contribution is -0.116. The smallest absolute Gasteiger partial charge is 0.251 e. The fourth-order valence-electron chi connectivity index (χ4n) is 5.70. The predicted molar refractivity (Wildman–Crippen MR) is 134 cm³/mol. The first-order chi connectivity index (χ1) is 17.9. The molecule has 8 heteroatoms. The molecule has 37 heavy (non-hydrogen) atoms. The summed E-state index contributed by atoms with van der Waals surface area (Å²) in [7, 11) is 0. The molecule has 2 aliphatic heterocycles. The SMILES string of the molecule is CC12c3cc(Oc4ccnc5c4CCC(=O)N5)ccc3OC1C2NC(=O)c1cccc(C2(C#N)CC2)c1. The van der Waals surface area contributed by atoms with E-state index >= 15 is 0 Å². The van der Waals surface area contributed by atoms with Crippen LogP contribution in [0, 0.1) is 11.3 Å². The first-order valence-electron chi connectivity index (χ1n) is 12.5. The molecule has 3 unspecified atom stereocenters. The van der Waals surface area contributed by atoms with Crippen LogP contribution in [-0.4, -0.2) is 28.9 Å². The minimum Gasteiger partial charge on any atom is -0.487 e. The number of hydrogen-bond acceptors (Lipinski definition) is 6. The van der Waals surface area contributed by atoms with Gasteiger partial charge >= 0.3 is 0 Å². The summed E-state index contributed by atoms with van der Waals surface area (Å²) in [5.41, 5.74) is 2.54. The van der Waals surface area contributed by atoms with E-state index in [2.05, 4.69) is 28.6 Å². The second-order valence-corrected chi connectivity index (χ2v) is 10.5. The third-order valence-corrected chi connectivity index (χ3v) is 8.24.